The Morgan fingerprint density at radius 3 is 2.78 bits per heavy atom. The van der Waals surface area contributed by atoms with Crippen LogP contribution in [0.25, 0.3) is 0 Å². The molecular weight excluding hydrogens is 228 g/mol. The van der Waals surface area contributed by atoms with E-state index < -0.39 is 0 Å². The summed E-state index contributed by atoms with van der Waals surface area (Å²) in [6.45, 7) is 4.16. The van der Waals surface area contributed by atoms with Crippen LogP contribution < -0.4 is 4.90 Å². The third-order valence-electron chi connectivity index (χ3n) is 3.17. The van der Waals surface area contributed by atoms with Gasteiger partial charge in [-0.25, -0.2) is 0 Å². The second-order valence-corrected chi connectivity index (χ2v) is 4.86. The van der Waals surface area contributed by atoms with Crippen LogP contribution in [0.2, 0.25) is 0 Å². The third kappa shape index (κ3) is 2.72. The molecule has 2 rings (SSSR count). The van der Waals surface area contributed by atoms with Crippen LogP contribution in [0.5, 0.6) is 0 Å². The van der Waals surface area contributed by atoms with E-state index in [9.17, 15) is 0 Å². The molecule has 18 heavy (non-hydrogen) atoms. The number of aromatic nitrogens is 3. The lowest BCUT2D eigenvalue weighted by Crippen LogP contribution is -2.10. The maximum atomic E-state index is 5.30. The molecule has 98 valence electrons. The van der Waals surface area contributed by atoms with Gasteiger partial charge in [-0.15, -0.1) is 5.10 Å². The fraction of sp³-hybridized carbons (Fsp3) is 0.538. The fourth-order valence-corrected chi connectivity index (χ4v) is 1.86. The zero-order chi connectivity index (χ0) is 13.1. The first-order valence-electron chi connectivity index (χ1n) is 6.20. The summed E-state index contributed by atoms with van der Waals surface area (Å²) in [5, 5.41) is 7.18. The molecule has 0 fully saturated rings. The van der Waals surface area contributed by atoms with Gasteiger partial charge in [0.05, 0.1) is 6.26 Å². The Morgan fingerprint density at radius 1 is 1.44 bits per heavy atom. The van der Waals surface area contributed by atoms with Gasteiger partial charge in [0.2, 0.25) is 5.95 Å². The number of furan rings is 1. The van der Waals surface area contributed by atoms with Crippen molar-refractivity contribution < 1.29 is 4.42 Å². The molecule has 2 heterocycles. The number of hydrogen-bond donors (Lipinski definition) is 1. The van der Waals surface area contributed by atoms with E-state index in [1.165, 1.54) is 5.56 Å². The van der Waals surface area contributed by atoms with Crippen molar-refractivity contribution >= 4 is 5.95 Å². The van der Waals surface area contributed by atoms with Crippen LogP contribution in [-0.2, 0) is 6.42 Å². The van der Waals surface area contributed by atoms with E-state index in [1.807, 2.05) is 32.0 Å². The lowest BCUT2D eigenvalue weighted by molar-refractivity contribution is 0.526. The minimum Gasteiger partial charge on any atom is -0.469 e. The molecule has 0 bridgehead atoms. The van der Waals surface area contributed by atoms with Gasteiger partial charge in [-0.3, -0.25) is 5.10 Å². The number of aromatic amines is 1. The van der Waals surface area contributed by atoms with Crippen LogP contribution in [0.1, 0.15) is 36.4 Å². The lowest BCUT2D eigenvalue weighted by Gasteiger charge is -2.07. The highest BCUT2D eigenvalue weighted by Crippen LogP contribution is 2.21. The SMILES string of the molecule is Cc1occc1CCC(C)c1nc(N(C)C)n[nH]1. The molecule has 0 aliphatic carbocycles. The second-order valence-electron chi connectivity index (χ2n) is 4.86. The Morgan fingerprint density at radius 2 is 2.22 bits per heavy atom. The molecule has 2 aromatic rings. The standard InChI is InChI=1S/C13H20N4O/c1-9(5-6-11-7-8-18-10(11)2)12-14-13(16-15-12)17(3)4/h7-9H,5-6H2,1-4H3,(H,14,15,16). The zero-order valence-corrected chi connectivity index (χ0v) is 11.4. The van der Waals surface area contributed by atoms with E-state index >= 15 is 0 Å². The first-order valence-corrected chi connectivity index (χ1v) is 6.20. The van der Waals surface area contributed by atoms with Gasteiger partial charge >= 0.3 is 0 Å². The molecule has 0 saturated heterocycles. The van der Waals surface area contributed by atoms with Crippen molar-refractivity contribution in [2.24, 2.45) is 0 Å². The molecule has 0 aliphatic heterocycles. The Hall–Kier alpha value is -1.78. The Bertz CT molecular complexity index is 501. The molecule has 2 aromatic heterocycles. The highest BCUT2D eigenvalue weighted by atomic mass is 16.3. The van der Waals surface area contributed by atoms with E-state index in [0.717, 1.165) is 30.4 Å². The van der Waals surface area contributed by atoms with E-state index in [-0.39, 0.29) is 0 Å². The number of nitrogens with zero attached hydrogens (tertiary/aromatic N) is 3. The number of anilines is 1. The molecule has 0 saturated carbocycles. The second kappa shape index (κ2) is 5.25. The molecule has 0 spiro atoms. The summed E-state index contributed by atoms with van der Waals surface area (Å²) >= 11 is 0. The summed E-state index contributed by atoms with van der Waals surface area (Å²) in [6.07, 6.45) is 3.78. The van der Waals surface area contributed by atoms with Gasteiger partial charge in [-0.05, 0) is 31.4 Å². The smallest absolute Gasteiger partial charge is 0.244 e. The summed E-state index contributed by atoms with van der Waals surface area (Å²) in [7, 11) is 3.87. The van der Waals surface area contributed by atoms with Crippen molar-refractivity contribution in [2.75, 3.05) is 19.0 Å². The van der Waals surface area contributed by atoms with Crippen molar-refractivity contribution in [3.63, 3.8) is 0 Å². The molecule has 0 radical (unpaired) electrons. The van der Waals surface area contributed by atoms with E-state index in [4.69, 9.17) is 4.42 Å². The molecule has 1 atom stereocenters. The van der Waals surface area contributed by atoms with Gasteiger partial charge in [0.15, 0.2) is 0 Å². The van der Waals surface area contributed by atoms with Crippen molar-refractivity contribution in [2.45, 2.75) is 32.6 Å². The first-order chi connectivity index (χ1) is 8.58. The molecule has 0 aromatic carbocycles. The highest BCUT2D eigenvalue weighted by molar-refractivity contribution is 5.25. The van der Waals surface area contributed by atoms with Crippen LogP contribution >= 0.6 is 0 Å². The lowest BCUT2D eigenvalue weighted by atomic mass is 10.0. The summed E-state index contributed by atoms with van der Waals surface area (Å²) in [4.78, 5) is 6.36. The minimum absolute atomic E-state index is 0.362. The molecule has 0 amide bonds. The topological polar surface area (TPSA) is 58.0 Å². The Kier molecular flexibility index (Phi) is 3.69. The van der Waals surface area contributed by atoms with Crippen LogP contribution in [0, 0.1) is 6.92 Å². The average molecular weight is 248 g/mol. The van der Waals surface area contributed by atoms with Crippen molar-refractivity contribution in [3.8, 4) is 0 Å². The zero-order valence-electron chi connectivity index (χ0n) is 11.4. The molecule has 1 N–H and O–H groups in total. The largest absolute Gasteiger partial charge is 0.469 e. The van der Waals surface area contributed by atoms with Gasteiger partial charge < -0.3 is 9.32 Å². The maximum absolute atomic E-state index is 5.30. The number of aryl methyl sites for hydroxylation is 2. The summed E-state index contributed by atoms with van der Waals surface area (Å²) in [5.74, 6) is 3.05. The monoisotopic (exact) mass is 248 g/mol. The summed E-state index contributed by atoms with van der Waals surface area (Å²) in [5.41, 5.74) is 1.27. The van der Waals surface area contributed by atoms with Crippen LogP contribution in [0.4, 0.5) is 5.95 Å². The number of hydrogen-bond acceptors (Lipinski definition) is 4. The maximum Gasteiger partial charge on any atom is 0.244 e. The highest BCUT2D eigenvalue weighted by Gasteiger charge is 2.13. The Labute approximate surface area is 107 Å². The number of rotatable bonds is 5. The van der Waals surface area contributed by atoms with Crippen LogP contribution in [0.15, 0.2) is 16.7 Å². The molecular formula is C13H20N4O. The molecule has 5 nitrogen and oxygen atoms in total. The van der Waals surface area contributed by atoms with Crippen molar-refractivity contribution in [1.29, 1.82) is 0 Å². The van der Waals surface area contributed by atoms with Gasteiger partial charge in [-0.2, -0.15) is 4.98 Å². The average Bonchev–Trinajstić information content (AvgIpc) is 2.94. The minimum atomic E-state index is 0.362. The van der Waals surface area contributed by atoms with Crippen LogP contribution in [-0.4, -0.2) is 29.3 Å². The van der Waals surface area contributed by atoms with E-state index in [0.29, 0.717) is 5.92 Å². The summed E-state index contributed by atoms with van der Waals surface area (Å²) < 4.78 is 5.30. The van der Waals surface area contributed by atoms with E-state index in [2.05, 4.69) is 22.1 Å². The predicted molar refractivity (Wildman–Crippen MR) is 70.9 cm³/mol. The molecule has 0 aliphatic rings. The normalized spacial score (nSPS) is 12.7. The molecule has 5 heteroatoms. The van der Waals surface area contributed by atoms with Gasteiger partial charge in [0, 0.05) is 20.0 Å². The third-order valence-corrected chi connectivity index (χ3v) is 3.17. The quantitative estimate of drug-likeness (QED) is 0.883. The van der Waals surface area contributed by atoms with Crippen LogP contribution in [0.3, 0.4) is 0 Å². The molecule has 1 unspecified atom stereocenters. The number of H-pyrrole nitrogens is 1. The Balaban J connectivity index is 1.95. The van der Waals surface area contributed by atoms with Gasteiger partial charge in [-0.1, -0.05) is 6.92 Å². The van der Waals surface area contributed by atoms with Gasteiger partial charge in [0.25, 0.3) is 0 Å². The predicted octanol–water partition coefficient (Wildman–Crippen LogP) is 2.51. The van der Waals surface area contributed by atoms with Crippen molar-refractivity contribution in [3.05, 3.63) is 29.5 Å². The first kappa shape index (κ1) is 12.7. The van der Waals surface area contributed by atoms with E-state index in [1.54, 1.807) is 6.26 Å². The van der Waals surface area contributed by atoms with Gasteiger partial charge in [0.1, 0.15) is 11.6 Å². The summed E-state index contributed by atoms with van der Waals surface area (Å²) in [6, 6.07) is 2.04. The fourth-order valence-electron chi connectivity index (χ4n) is 1.86. The van der Waals surface area contributed by atoms with Crippen molar-refractivity contribution in [1.82, 2.24) is 15.2 Å². The number of nitrogens with one attached hydrogen (secondary N) is 1.